The summed E-state index contributed by atoms with van der Waals surface area (Å²) in [6.07, 6.45) is 9.17. The first kappa shape index (κ1) is 12.8. The summed E-state index contributed by atoms with van der Waals surface area (Å²) < 4.78 is 0. The topological polar surface area (TPSA) is 44.7 Å². The number of nitrogens with zero attached hydrogens (tertiary/aromatic N) is 2. The zero-order chi connectivity index (χ0) is 13.8. The van der Waals surface area contributed by atoms with E-state index < -0.39 is 0 Å². The average molecular weight is 275 g/mol. The van der Waals surface area contributed by atoms with Crippen molar-refractivity contribution in [1.82, 2.24) is 10.2 Å². The average Bonchev–Trinajstić information content (AvgIpc) is 2.40. The van der Waals surface area contributed by atoms with E-state index in [-0.39, 0.29) is 17.0 Å². The van der Waals surface area contributed by atoms with Crippen molar-refractivity contribution >= 4 is 11.6 Å². The first-order valence-electron chi connectivity index (χ1n) is 8.25. The van der Waals surface area contributed by atoms with Crippen LogP contribution >= 0.6 is 0 Å². The van der Waals surface area contributed by atoms with Gasteiger partial charge < -0.3 is 10.2 Å². The van der Waals surface area contributed by atoms with Crippen molar-refractivity contribution in [2.24, 2.45) is 16.3 Å². The first-order chi connectivity index (χ1) is 9.64. The van der Waals surface area contributed by atoms with Gasteiger partial charge in [-0.1, -0.05) is 12.8 Å². The lowest BCUT2D eigenvalue weighted by Gasteiger charge is -2.54. The van der Waals surface area contributed by atoms with E-state index in [2.05, 4.69) is 17.3 Å². The Morgan fingerprint density at radius 1 is 1.20 bits per heavy atom. The first-order valence-corrected chi connectivity index (χ1v) is 8.25. The lowest BCUT2D eigenvalue weighted by atomic mass is 9.62. The number of aliphatic imine (C=N–C) groups is 1. The molecule has 0 aromatic heterocycles. The van der Waals surface area contributed by atoms with Crippen LogP contribution in [0.1, 0.15) is 51.4 Å². The summed E-state index contributed by atoms with van der Waals surface area (Å²) in [5, 5.41) is 3.34. The molecule has 0 radical (unpaired) electrons. The summed E-state index contributed by atoms with van der Waals surface area (Å²) in [7, 11) is 2.15. The predicted molar refractivity (Wildman–Crippen MR) is 78.7 cm³/mol. The molecule has 4 nitrogen and oxygen atoms in total. The SMILES string of the molecule is CN1C[C@H]2CCC[C@@]3(C1)C(=O)NC1(CCCCC1)N=C23. The van der Waals surface area contributed by atoms with Gasteiger partial charge in [0.1, 0.15) is 5.66 Å². The second-order valence-corrected chi connectivity index (χ2v) is 7.41. The Kier molecular flexibility index (Phi) is 2.75. The van der Waals surface area contributed by atoms with Crippen molar-refractivity contribution in [3.63, 3.8) is 0 Å². The predicted octanol–water partition coefficient (Wildman–Crippen LogP) is 1.95. The molecule has 0 aromatic carbocycles. The second-order valence-electron chi connectivity index (χ2n) is 7.41. The molecule has 20 heavy (non-hydrogen) atoms. The molecule has 1 spiro atoms. The Morgan fingerprint density at radius 3 is 2.80 bits per heavy atom. The van der Waals surface area contributed by atoms with E-state index in [1.54, 1.807) is 0 Å². The summed E-state index contributed by atoms with van der Waals surface area (Å²) in [6, 6.07) is 0. The summed E-state index contributed by atoms with van der Waals surface area (Å²) in [5.74, 6) is 0.799. The van der Waals surface area contributed by atoms with Crippen LogP contribution in [0.15, 0.2) is 4.99 Å². The van der Waals surface area contributed by atoms with Crippen LogP contribution in [0.4, 0.5) is 0 Å². The van der Waals surface area contributed by atoms with Crippen LogP contribution in [0.2, 0.25) is 0 Å². The minimum Gasteiger partial charge on any atom is -0.331 e. The molecule has 2 atom stereocenters. The molecule has 4 rings (SSSR count). The van der Waals surface area contributed by atoms with Crippen molar-refractivity contribution in [3.05, 3.63) is 0 Å². The lowest BCUT2D eigenvalue weighted by molar-refractivity contribution is -0.134. The molecule has 2 aliphatic heterocycles. The third-order valence-corrected chi connectivity index (χ3v) is 5.90. The van der Waals surface area contributed by atoms with Crippen LogP contribution < -0.4 is 5.32 Å². The Morgan fingerprint density at radius 2 is 2.00 bits per heavy atom. The Hall–Kier alpha value is -0.900. The van der Waals surface area contributed by atoms with E-state index in [0.717, 1.165) is 32.4 Å². The van der Waals surface area contributed by atoms with Crippen molar-refractivity contribution < 1.29 is 4.79 Å². The quantitative estimate of drug-likeness (QED) is 0.734. The summed E-state index contributed by atoms with van der Waals surface area (Å²) in [6.45, 7) is 1.95. The molecule has 0 aromatic rings. The maximum Gasteiger partial charge on any atom is 0.235 e. The number of rotatable bonds is 0. The van der Waals surface area contributed by atoms with E-state index in [1.165, 1.54) is 37.8 Å². The molecule has 2 aliphatic carbocycles. The summed E-state index contributed by atoms with van der Waals surface area (Å²) in [5.41, 5.74) is 0.741. The van der Waals surface area contributed by atoms with Crippen molar-refractivity contribution in [2.75, 3.05) is 20.1 Å². The monoisotopic (exact) mass is 275 g/mol. The zero-order valence-corrected chi connectivity index (χ0v) is 12.5. The van der Waals surface area contributed by atoms with Gasteiger partial charge in [0.15, 0.2) is 0 Å². The van der Waals surface area contributed by atoms with Gasteiger partial charge in [0, 0.05) is 24.7 Å². The van der Waals surface area contributed by atoms with E-state index in [4.69, 9.17) is 4.99 Å². The minimum atomic E-state index is -0.293. The van der Waals surface area contributed by atoms with E-state index >= 15 is 0 Å². The largest absolute Gasteiger partial charge is 0.331 e. The summed E-state index contributed by atoms with van der Waals surface area (Å²) >= 11 is 0. The molecule has 1 saturated heterocycles. The van der Waals surface area contributed by atoms with Gasteiger partial charge in [-0.2, -0.15) is 0 Å². The smallest absolute Gasteiger partial charge is 0.235 e. The molecule has 4 heteroatoms. The van der Waals surface area contributed by atoms with Crippen LogP contribution in [-0.4, -0.2) is 42.3 Å². The fourth-order valence-corrected chi connectivity index (χ4v) is 5.01. The molecular weight excluding hydrogens is 250 g/mol. The molecule has 0 unspecified atom stereocenters. The number of piperidine rings is 1. The standard InChI is InChI=1S/C16H25N3O/c1-19-10-12-6-5-7-15(11-19)13(12)17-16(18-14(15)20)8-3-2-4-9-16/h12H,2-11H2,1H3,(H,18,20)/t12-,15+/m1/s1. The zero-order valence-electron chi connectivity index (χ0n) is 12.5. The van der Waals surface area contributed by atoms with Crippen molar-refractivity contribution in [3.8, 4) is 0 Å². The lowest BCUT2D eigenvalue weighted by Crippen LogP contribution is -2.68. The molecular formula is C16H25N3O. The van der Waals surface area contributed by atoms with E-state index in [1.807, 2.05) is 0 Å². The number of carbonyl (C=O) groups is 1. The highest BCUT2D eigenvalue weighted by molar-refractivity contribution is 6.12. The number of nitrogens with one attached hydrogen (secondary N) is 1. The highest BCUT2D eigenvalue weighted by Crippen LogP contribution is 2.46. The van der Waals surface area contributed by atoms with Crippen molar-refractivity contribution in [1.29, 1.82) is 0 Å². The van der Waals surface area contributed by atoms with Gasteiger partial charge in [-0.05, 0) is 45.6 Å². The third-order valence-electron chi connectivity index (χ3n) is 5.90. The van der Waals surface area contributed by atoms with E-state index in [9.17, 15) is 4.79 Å². The highest BCUT2D eigenvalue weighted by Gasteiger charge is 2.56. The Labute approximate surface area is 121 Å². The fraction of sp³-hybridized carbons (Fsp3) is 0.875. The highest BCUT2D eigenvalue weighted by atomic mass is 16.2. The maximum absolute atomic E-state index is 13.0. The van der Waals surface area contributed by atoms with Crippen LogP contribution in [-0.2, 0) is 4.79 Å². The van der Waals surface area contributed by atoms with Crippen molar-refractivity contribution in [2.45, 2.75) is 57.0 Å². The summed E-state index contributed by atoms with van der Waals surface area (Å²) in [4.78, 5) is 20.5. The molecule has 1 amide bonds. The fourth-order valence-electron chi connectivity index (χ4n) is 5.01. The van der Waals surface area contributed by atoms with Crippen LogP contribution in [0, 0.1) is 11.3 Å². The van der Waals surface area contributed by atoms with Crippen LogP contribution in [0.5, 0.6) is 0 Å². The number of hydrogen-bond donors (Lipinski definition) is 1. The normalized spacial score (nSPS) is 40.0. The van der Waals surface area contributed by atoms with Gasteiger partial charge in [0.25, 0.3) is 0 Å². The molecule has 3 fully saturated rings. The van der Waals surface area contributed by atoms with Gasteiger partial charge in [-0.25, -0.2) is 0 Å². The van der Waals surface area contributed by atoms with E-state index in [0.29, 0.717) is 5.92 Å². The molecule has 1 N–H and O–H groups in total. The van der Waals surface area contributed by atoms with Gasteiger partial charge in [-0.15, -0.1) is 0 Å². The van der Waals surface area contributed by atoms with Gasteiger partial charge in [0.2, 0.25) is 5.91 Å². The number of likely N-dealkylation sites (tertiary alicyclic amines) is 1. The maximum atomic E-state index is 13.0. The van der Waals surface area contributed by atoms with Gasteiger partial charge in [0.05, 0.1) is 5.41 Å². The molecule has 2 heterocycles. The van der Waals surface area contributed by atoms with Crippen LogP contribution in [0.3, 0.4) is 0 Å². The van der Waals surface area contributed by atoms with Crippen LogP contribution in [0.25, 0.3) is 0 Å². The Balaban J connectivity index is 1.78. The number of hydrogen-bond acceptors (Lipinski definition) is 3. The number of carbonyl (C=O) groups excluding carboxylic acids is 1. The minimum absolute atomic E-state index is 0.236. The molecule has 4 aliphatic rings. The third kappa shape index (κ3) is 1.70. The van der Waals surface area contributed by atoms with Gasteiger partial charge in [-0.3, -0.25) is 9.79 Å². The second kappa shape index (κ2) is 4.30. The Bertz CT molecular complexity index is 466. The van der Waals surface area contributed by atoms with Gasteiger partial charge >= 0.3 is 0 Å². The molecule has 110 valence electrons. The number of amides is 1. The molecule has 2 bridgehead atoms. The molecule has 2 saturated carbocycles.